The van der Waals surface area contributed by atoms with Crippen molar-refractivity contribution < 1.29 is 32.0 Å². The molecular formula is C17H13FN2O6S. The third-order valence-corrected chi connectivity index (χ3v) is 5.69. The summed E-state index contributed by atoms with van der Waals surface area (Å²) in [7, 11) is -1.74. The SMILES string of the molecule is CN(C)S(=O)(=O)c1cc(C(=O)ON2C(=O)c3ccccc3C2=O)ccc1F. The van der Waals surface area contributed by atoms with Crippen molar-refractivity contribution >= 4 is 27.8 Å². The fourth-order valence-corrected chi connectivity index (χ4v) is 3.39. The van der Waals surface area contributed by atoms with Gasteiger partial charge in [0.2, 0.25) is 10.0 Å². The van der Waals surface area contributed by atoms with Gasteiger partial charge in [-0.05, 0) is 30.3 Å². The Labute approximate surface area is 153 Å². The highest BCUT2D eigenvalue weighted by atomic mass is 32.2. The van der Waals surface area contributed by atoms with E-state index in [1.165, 1.54) is 26.2 Å². The van der Waals surface area contributed by atoms with Gasteiger partial charge in [0.05, 0.1) is 16.7 Å². The summed E-state index contributed by atoms with van der Waals surface area (Å²) >= 11 is 0. The molecule has 2 aromatic rings. The standard InChI is InChI=1S/C17H13FN2O6S/c1-19(2)27(24,25)14-9-10(7-8-13(14)18)17(23)26-20-15(21)11-5-3-4-6-12(11)16(20)22/h3-9H,1-2H3. The molecule has 27 heavy (non-hydrogen) atoms. The van der Waals surface area contributed by atoms with E-state index in [4.69, 9.17) is 4.84 Å². The number of hydrogen-bond donors (Lipinski definition) is 0. The van der Waals surface area contributed by atoms with E-state index in [-0.39, 0.29) is 21.8 Å². The second-order valence-corrected chi connectivity index (χ2v) is 7.88. The molecule has 10 heteroatoms. The first-order valence-electron chi connectivity index (χ1n) is 7.57. The molecule has 0 saturated carbocycles. The van der Waals surface area contributed by atoms with Crippen LogP contribution < -0.4 is 0 Å². The number of amides is 2. The third kappa shape index (κ3) is 3.09. The number of halogens is 1. The Bertz CT molecular complexity index is 1050. The van der Waals surface area contributed by atoms with E-state index in [0.29, 0.717) is 0 Å². The summed E-state index contributed by atoms with van der Waals surface area (Å²) < 4.78 is 39.0. The maximum Gasteiger partial charge on any atom is 0.363 e. The summed E-state index contributed by atoms with van der Waals surface area (Å²) in [5.41, 5.74) is -0.191. The lowest BCUT2D eigenvalue weighted by molar-refractivity contribution is -0.0584. The molecular weight excluding hydrogens is 379 g/mol. The van der Waals surface area contributed by atoms with Crippen LogP contribution in [0.1, 0.15) is 31.1 Å². The van der Waals surface area contributed by atoms with Gasteiger partial charge in [-0.3, -0.25) is 9.59 Å². The van der Waals surface area contributed by atoms with E-state index in [1.54, 1.807) is 12.1 Å². The van der Waals surface area contributed by atoms with Gasteiger partial charge >= 0.3 is 5.97 Å². The van der Waals surface area contributed by atoms with Crippen LogP contribution in [0.2, 0.25) is 0 Å². The molecule has 2 aromatic carbocycles. The number of fused-ring (bicyclic) bond motifs is 1. The highest BCUT2D eigenvalue weighted by Gasteiger charge is 2.39. The van der Waals surface area contributed by atoms with Crippen molar-refractivity contribution in [2.24, 2.45) is 0 Å². The smallest absolute Gasteiger partial charge is 0.324 e. The lowest BCUT2D eigenvalue weighted by Crippen LogP contribution is -2.32. The van der Waals surface area contributed by atoms with Gasteiger partial charge in [-0.15, -0.1) is 0 Å². The number of hydroxylamine groups is 2. The predicted molar refractivity (Wildman–Crippen MR) is 89.6 cm³/mol. The summed E-state index contributed by atoms with van der Waals surface area (Å²) in [5.74, 6) is -3.89. The molecule has 0 unspecified atom stereocenters. The van der Waals surface area contributed by atoms with E-state index in [2.05, 4.69) is 0 Å². The van der Waals surface area contributed by atoms with Crippen LogP contribution in [0.5, 0.6) is 0 Å². The topological polar surface area (TPSA) is 101 Å². The van der Waals surface area contributed by atoms with Crippen LogP contribution >= 0.6 is 0 Å². The van der Waals surface area contributed by atoms with Crippen LogP contribution in [-0.2, 0) is 14.9 Å². The lowest BCUT2D eigenvalue weighted by atomic mass is 10.1. The van der Waals surface area contributed by atoms with Crippen LogP contribution in [-0.4, -0.2) is 49.7 Å². The summed E-state index contributed by atoms with van der Waals surface area (Å²) in [4.78, 5) is 40.8. The fourth-order valence-electron chi connectivity index (χ4n) is 2.41. The molecule has 2 amide bonds. The van der Waals surface area contributed by atoms with Crippen LogP contribution in [0, 0.1) is 5.82 Å². The van der Waals surface area contributed by atoms with E-state index in [0.717, 1.165) is 22.5 Å². The Morgan fingerprint density at radius 1 is 1.04 bits per heavy atom. The molecule has 0 atom stereocenters. The normalized spacial score (nSPS) is 13.9. The highest BCUT2D eigenvalue weighted by Crippen LogP contribution is 2.24. The van der Waals surface area contributed by atoms with E-state index >= 15 is 0 Å². The molecule has 0 aliphatic carbocycles. The minimum Gasteiger partial charge on any atom is -0.324 e. The summed E-state index contributed by atoms with van der Waals surface area (Å²) in [6.45, 7) is 0. The van der Waals surface area contributed by atoms with Gasteiger partial charge in [0, 0.05) is 14.1 Å². The number of sulfonamides is 1. The molecule has 1 aliphatic rings. The van der Waals surface area contributed by atoms with Crippen molar-refractivity contribution in [1.29, 1.82) is 0 Å². The second kappa shape index (κ2) is 6.56. The summed E-state index contributed by atoms with van der Waals surface area (Å²) in [5, 5.41) is 0.288. The van der Waals surface area contributed by atoms with Gasteiger partial charge in [-0.2, -0.15) is 0 Å². The third-order valence-electron chi connectivity index (χ3n) is 3.86. The average Bonchev–Trinajstić information content (AvgIpc) is 2.87. The van der Waals surface area contributed by atoms with Crippen LogP contribution in [0.15, 0.2) is 47.4 Å². The average molecular weight is 392 g/mol. The minimum atomic E-state index is -4.15. The van der Waals surface area contributed by atoms with E-state index in [9.17, 15) is 27.2 Å². The van der Waals surface area contributed by atoms with Crippen molar-refractivity contribution in [2.75, 3.05) is 14.1 Å². The Morgan fingerprint density at radius 3 is 2.11 bits per heavy atom. The van der Waals surface area contributed by atoms with Crippen molar-refractivity contribution in [3.8, 4) is 0 Å². The Balaban J connectivity index is 1.91. The van der Waals surface area contributed by atoms with Crippen molar-refractivity contribution in [3.05, 3.63) is 65.0 Å². The van der Waals surface area contributed by atoms with Crippen molar-refractivity contribution in [2.45, 2.75) is 4.90 Å². The lowest BCUT2D eigenvalue weighted by Gasteiger charge is -2.15. The summed E-state index contributed by atoms with van der Waals surface area (Å²) in [6, 6.07) is 8.47. The molecule has 0 N–H and O–H groups in total. The first-order valence-corrected chi connectivity index (χ1v) is 9.01. The number of hydrogen-bond acceptors (Lipinski definition) is 6. The first kappa shape index (κ1) is 18.7. The Hall–Kier alpha value is -3.11. The molecule has 0 spiro atoms. The molecule has 3 rings (SSSR count). The quantitative estimate of drug-likeness (QED) is 0.730. The van der Waals surface area contributed by atoms with Gasteiger partial charge in [0.25, 0.3) is 11.8 Å². The molecule has 0 saturated heterocycles. The second-order valence-electron chi connectivity index (χ2n) is 5.76. The maximum atomic E-state index is 13.9. The monoisotopic (exact) mass is 392 g/mol. The van der Waals surface area contributed by atoms with Crippen molar-refractivity contribution in [3.63, 3.8) is 0 Å². The summed E-state index contributed by atoms with van der Waals surface area (Å²) in [6.07, 6.45) is 0. The zero-order chi connectivity index (χ0) is 19.9. The number of rotatable bonds is 4. The molecule has 1 aliphatic heterocycles. The first-order chi connectivity index (χ1) is 12.6. The van der Waals surface area contributed by atoms with Gasteiger partial charge in [-0.1, -0.05) is 17.2 Å². The van der Waals surface area contributed by atoms with Crippen LogP contribution in [0.3, 0.4) is 0 Å². The predicted octanol–water partition coefficient (Wildman–Crippen LogP) is 1.44. The highest BCUT2D eigenvalue weighted by molar-refractivity contribution is 7.89. The van der Waals surface area contributed by atoms with E-state index < -0.39 is 38.5 Å². The molecule has 0 bridgehead atoms. The maximum absolute atomic E-state index is 13.9. The molecule has 0 radical (unpaired) electrons. The molecule has 0 fully saturated rings. The molecule has 140 valence electrons. The van der Waals surface area contributed by atoms with Gasteiger partial charge < -0.3 is 4.84 Å². The number of benzene rings is 2. The number of carbonyl (C=O) groups is 3. The van der Waals surface area contributed by atoms with Gasteiger partial charge in [0.15, 0.2) is 0 Å². The zero-order valence-electron chi connectivity index (χ0n) is 14.2. The number of nitrogens with zero attached hydrogens (tertiary/aromatic N) is 2. The molecule has 1 heterocycles. The zero-order valence-corrected chi connectivity index (χ0v) is 15.0. The molecule has 0 aromatic heterocycles. The van der Waals surface area contributed by atoms with Crippen molar-refractivity contribution in [1.82, 2.24) is 9.37 Å². The Morgan fingerprint density at radius 2 is 1.59 bits per heavy atom. The number of imide groups is 1. The molecule has 8 nitrogen and oxygen atoms in total. The van der Waals surface area contributed by atoms with Gasteiger partial charge in [-0.25, -0.2) is 21.9 Å². The Kier molecular flexibility index (Phi) is 4.54. The van der Waals surface area contributed by atoms with Crippen LogP contribution in [0.25, 0.3) is 0 Å². The fraction of sp³-hybridized carbons (Fsp3) is 0.118. The van der Waals surface area contributed by atoms with Crippen LogP contribution in [0.4, 0.5) is 4.39 Å². The van der Waals surface area contributed by atoms with E-state index in [1.807, 2.05) is 0 Å². The largest absolute Gasteiger partial charge is 0.363 e. The number of carbonyl (C=O) groups excluding carboxylic acids is 3. The minimum absolute atomic E-state index is 0.0743. The van der Waals surface area contributed by atoms with Gasteiger partial charge in [0.1, 0.15) is 10.7 Å².